The Balaban J connectivity index is 1.59. The molecule has 0 bridgehead atoms. The molecule has 8 nitrogen and oxygen atoms in total. The fourth-order valence-electron chi connectivity index (χ4n) is 3.21. The Morgan fingerprint density at radius 1 is 1.46 bits per heavy atom. The smallest absolute Gasteiger partial charge is 0.526 e. The SMILES string of the molecule is CC(=O)c1cccc2c1OB(O)[C@@H](CC(=O)Cn1cc(CSCCN)nn1)C2. The normalized spacial score (nSPS) is 15.8. The van der Waals surface area contributed by atoms with Crippen LogP contribution in [0.4, 0.5) is 0 Å². The van der Waals surface area contributed by atoms with Crippen molar-refractivity contribution in [3.05, 3.63) is 41.2 Å². The fourth-order valence-corrected chi connectivity index (χ4v) is 3.87. The van der Waals surface area contributed by atoms with E-state index in [0.717, 1.165) is 17.0 Å². The first-order chi connectivity index (χ1) is 13.5. The van der Waals surface area contributed by atoms with Crippen LogP contribution in [0, 0.1) is 0 Å². The number of ketones is 2. The van der Waals surface area contributed by atoms with E-state index in [1.165, 1.54) is 11.6 Å². The van der Waals surface area contributed by atoms with Crippen LogP contribution in [0.2, 0.25) is 5.82 Å². The Morgan fingerprint density at radius 3 is 3.04 bits per heavy atom. The van der Waals surface area contributed by atoms with Gasteiger partial charge in [-0.1, -0.05) is 17.3 Å². The number of rotatable bonds is 9. The minimum absolute atomic E-state index is 0.0649. The van der Waals surface area contributed by atoms with Crippen molar-refractivity contribution in [3.63, 3.8) is 0 Å². The lowest BCUT2D eigenvalue weighted by molar-refractivity contribution is -0.120. The van der Waals surface area contributed by atoms with Gasteiger partial charge in [0.25, 0.3) is 0 Å². The second kappa shape index (κ2) is 9.36. The molecule has 0 aliphatic carbocycles. The average molecular weight is 402 g/mol. The van der Waals surface area contributed by atoms with Crippen LogP contribution in [0.1, 0.15) is 35.0 Å². The number of benzene rings is 1. The lowest BCUT2D eigenvalue weighted by atomic mass is 9.64. The number of hydrogen-bond donors (Lipinski definition) is 2. The summed E-state index contributed by atoms with van der Waals surface area (Å²) in [5.74, 6) is 1.41. The third-order valence-electron chi connectivity index (χ3n) is 4.53. The zero-order valence-electron chi connectivity index (χ0n) is 15.7. The molecule has 1 aliphatic rings. The molecule has 1 aromatic heterocycles. The first kappa shape index (κ1) is 20.6. The third-order valence-corrected chi connectivity index (χ3v) is 5.55. The van der Waals surface area contributed by atoms with E-state index in [1.54, 1.807) is 30.1 Å². The number of nitrogens with two attached hydrogens (primary N) is 1. The Kier molecular flexibility index (Phi) is 6.87. The van der Waals surface area contributed by atoms with E-state index in [0.29, 0.717) is 30.0 Å². The molecule has 3 rings (SSSR count). The van der Waals surface area contributed by atoms with Crippen molar-refractivity contribution in [1.82, 2.24) is 15.0 Å². The van der Waals surface area contributed by atoms with Crippen LogP contribution in [-0.2, 0) is 23.5 Å². The van der Waals surface area contributed by atoms with Crippen LogP contribution in [0.25, 0.3) is 0 Å². The second-order valence-electron chi connectivity index (χ2n) is 6.81. The van der Waals surface area contributed by atoms with Gasteiger partial charge >= 0.3 is 7.12 Å². The maximum atomic E-state index is 12.5. The number of hydrogen-bond acceptors (Lipinski definition) is 8. The first-order valence-corrected chi connectivity index (χ1v) is 10.3. The number of carbonyl (C=O) groups excluding carboxylic acids is 2. The fraction of sp³-hybridized carbons (Fsp3) is 0.444. The molecule has 3 N–H and O–H groups in total. The Labute approximate surface area is 168 Å². The molecule has 148 valence electrons. The molecule has 2 aromatic rings. The molecule has 0 fully saturated rings. The van der Waals surface area contributed by atoms with Gasteiger partial charge in [0.15, 0.2) is 11.6 Å². The van der Waals surface area contributed by atoms with Crippen molar-refractivity contribution < 1.29 is 19.3 Å². The quantitative estimate of drug-likeness (QED) is 0.364. The molecule has 0 unspecified atom stereocenters. The average Bonchev–Trinajstić information content (AvgIpc) is 3.09. The largest absolute Gasteiger partial charge is 0.535 e. The molecule has 2 heterocycles. The van der Waals surface area contributed by atoms with Crippen molar-refractivity contribution in [2.24, 2.45) is 5.73 Å². The molecule has 0 saturated carbocycles. The van der Waals surface area contributed by atoms with Crippen LogP contribution in [0.3, 0.4) is 0 Å². The standard InChI is InChI=1S/C18H23BN4O4S/c1-12(24)17-4-2-3-13-7-14(19(26)27-18(13)17)8-16(25)10-23-9-15(21-22-23)11-28-6-5-20/h2-4,9,14,26H,5-8,10-11,20H2,1H3/t14-/m1/s1. The van der Waals surface area contributed by atoms with Gasteiger partial charge in [-0.05, 0) is 25.0 Å². The summed E-state index contributed by atoms with van der Waals surface area (Å²) in [6, 6.07) is 5.32. The molecular formula is C18H23BN4O4S. The highest BCUT2D eigenvalue weighted by Crippen LogP contribution is 2.36. The first-order valence-electron chi connectivity index (χ1n) is 9.14. The minimum Gasteiger partial charge on any atom is -0.535 e. The van der Waals surface area contributed by atoms with E-state index < -0.39 is 7.12 Å². The summed E-state index contributed by atoms with van der Waals surface area (Å²) in [5.41, 5.74) is 7.54. The van der Waals surface area contributed by atoms with E-state index in [9.17, 15) is 14.6 Å². The highest BCUT2D eigenvalue weighted by atomic mass is 32.2. The van der Waals surface area contributed by atoms with Crippen LogP contribution in [-0.4, -0.2) is 51.0 Å². The molecule has 1 aliphatic heterocycles. The summed E-state index contributed by atoms with van der Waals surface area (Å²) in [6.07, 6.45) is 2.38. The molecule has 0 radical (unpaired) electrons. The molecule has 0 saturated heterocycles. The summed E-state index contributed by atoms with van der Waals surface area (Å²) >= 11 is 1.66. The van der Waals surface area contributed by atoms with Crippen molar-refractivity contribution >= 4 is 30.4 Å². The van der Waals surface area contributed by atoms with Gasteiger partial charge in [0.05, 0.1) is 11.3 Å². The topological polar surface area (TPSA) is 120 Å². The number of para-hydroxylation sites is 1. The van der Waals surface area contributed by atoms with Crippen LogP contribution in [0.15, 0.2) is 24.4 Å². The number of carbonyl (C=O) groups is 2. The number of Topliss-reactive ketones (excluding diaryl/α,β-unsaturated/α-hetero) is 2. The van der Waals surface area contributed by atoms with Crippen LogP contribution in [0.5, 0.6) is 5.75 Å². The van der Waals surface area contributed by atoms with Gasteiger partial charge in [0, 0.05) is 36.5 Å². The summed E-state index contributed by atoms with van der Waals surface area (Å²) < 4.78 is 7.09. The Morgan fingerprint density at radius 2 is 2.29 bits per heavy atom. The highest BCUT2D eigenvalue weighted by Gasteiger charge is 2.37. The molecule has 1 aromatic carbocycles. The van der Waals surface area contributed by atoms with Gasteiger partial charge in [-0.25, -0.2) is 4.68 Å². The van der Waals surface area contributed by atoms with Crippen molar-refractivity contribution in [1.29, 1.82) is 0 Å². The lowest BCUT2D eigenvalue weighted by Gasteiger charge is -2.28. The van der Waals surface area contributed by atoms with Gasteiger partial charge in [-0.3, -0.25) is 9.59 Å². The summed E-state index contributed by atoms with van der Waals surface area (Å²) in [5, 5.41) is 18.4. The van der Waals surface area contributed by atoms with E-state index in [-0.39, 0.29) is 30.3 Å². The van der Waals surface area contributed by atoms with Gasteiger partial charge in [-0.2, -0.15) is 11.8 Å². The highest BCUT2D eigenvalue weighted by molar-refractivity contribution is 7.98. The van der Waals surface area contributed by atoms with Crippen molar-refractivity contribution in [2.45, 2.75) is 37.9 Å². The summed E-state index contributed by atoms with van der Waals surface area (Å²) in [6.45, 7) is 2.17. The Bertz CT molecular complexity index is 860. The zero-order chi connectivity index (χ0) is 20.1. The van der Waals surface area contributed by atoms with Crippen molar-refractivity contribution in [3.8, 4) is 5.75 Å². The van der Waals surface area contributed by atoms with Crippen LogP contribution >= 0.6 is 11.8 Å². The molecule has 28 heavy (non-hydrogen) atoms. The molecule has 0 spiro atoms. The van der Waals surface area contributed by atoms with Crippen LogP contribution < -0.4 is 10.4 Å². The monoisotopic (exact) mass is 402 g/mol. The number of nitrogens with zero attached hydrogens (tertiary/aromatic N) is 3. The Hall–Kier alpha value is -2.17. The van der Waals surface area contributed by atoms with E-state index in [2.05, 4.69) is 10.3 Å². The van der Waals surface area contributed by atoms with E-state index in [1.807, 2.05) is 6.07 Å². The molecule has 10 heteroatoms. The van der Waals surface area contributed by atoms with E-state index >= 15 is 0 Å². The molecule has 0 amide bonds. The third kappa shape index (κ3) is 5.00. The summed E-state index contributed by atoms with van der Waals surface area (Å²) in [7, 11) is -1.13. The maximum Gasteiger partial charge on any atom is 0.526 e. The molecular weight excluding hydrogens is 379 g/mol. The molecule has 1 atom stereocenters. The number of fused-ring (bicyclic) bond motifs is 1. The predicted octanol–water partition coefficient (Wildman–Crippen LogP) is 1.12. The lowest BCUT2D eigenvalue weighted by Crippen LogP contribution is -2.36. The van der Waals surface area contributed by atoms with Gasteiger partial charge in [0.2, 0.25) is 0 Å². The van der Waals surface area contributed by atoms with E-state index in [4.69, 9.17) is 10.4 Å². The predicted molar refractivity (Wildman–Crippen MR) is 107 cm³/mol. The maximum absolute atomic E-state index is 12.5. The zero-order valence-corrected chi connectivity index (χ0v) is 16.5. The number of aromatic nitrogens is 3. The summed E-state index contributed by atoms with van der Waals surface area (Å²) in [4.78, 5) is 24.2. The second-order valence-corrected chi connectivity index (χ2v) is 7.92. The van der Waals surface area contributed by atoms with Gasteiger partial charge < -0.3 is 15.4 Å². The van der Waals surface area contributed by atoms with Crippen molar-refractivity contribution in [2.75, 3.05) is 12.3 Å². The van der Waals surface area contributed by atoms with Gasteiger partial charge in [-0.15, -0.1) is 5.10 Å². The minimum atomic E-state index is -1.13. The number of thioether (sulfide) groups is 1. The van der Waals surface area contributed by atoms with Gasteiger partial charge in [0.1, 0.15) is 12.3 Å².